The van der Waals surface area contributed by atoms with Crippen LogP contribution in [0.2, 0.25) is 5.32 Å². The van der Waals surface area contributed by atoms with Crippen LogP contribution < -0.4 is 4.46 Å². The molecule has 3 heteroatoms. The molecule has 0 saturated carbocycles. The first kappa shape index (κ1) is 11.8. The van der Waals surface area contributed by atoms with E-state index in [1.54, 1.807) is 0 Å². The molecule has 0 saturated heterocycles. The summed E-state index contributed by atoms with van der Waals surface area (Å²) in [5, 5.41) is 1.25. The van der Waals surface area contributed by atoms with Gasteiger partial charge in [-0.15, -0.1) is 0 Å². The first-order valence-corrected chi connectivity index (χ1v) is 7.98. The molecular weight excluding hydrogens is 329 g/mol. The van der Waals surface area contributed by atoms with Crippen molar-refractivity contribution in [1.29, 1.82) is 0 Å². The van der Waals surface area contributed by atoms with Gasteiger partial charge in [0.1, 0.15) is 0 Å². The summed E-state index contributed by atoms with van der Waals surface area (Å²) in [7, 11) is 0. The summed E-state index contributed by atoms with van der Waals surface area (Å²) >= 11 is 4.02. The van der Waals surface area contributed by atoms with Crippen molar-refractivity contribution in [3.63, 3.8) is 0 Å². The average molecular weight is 341 g/mol. The van der Waals surface area contributed by atoms with Gasteiger partial charge in [0.25, 0.3) is 0 Å². The molecule has 0 amide bonds. The van der Waals surface area contributed by atoms with Crippen LogP contribution in [0.3, 0.4) is 0 Å². The number of hydrogen-bond acceptors (Lipinski definition) is 1. The molecule has 82 valence electrons. The maximum absolute atomic E-state index is 4.02. The van der Waals surface area contributed by atoms with Crippen LogP contribution in [0, 0.1) is 0 Å². The molecule has 0 bridgehead atoms. The molecule has 1 aromatic carbocycles. The number of rotatable bonds is 4. The number of nitrogens with zero attached hydrogens (tertiary/aromatic N) is 1. The first-order valence-electron chi connectivity index (χ1n) is 5.12. The van der Waals surface area contributed by atoms with Gasteiger partial charge in [-0.25, -0.2) is 0 Å². The molecule has 0 spiro atoms. The van der Waals surface area contributed by atoms with E-state index in [4.69, 9.17) is 0 Å². The summed E-state index contributed by atoms with van der Waals surface area (Å²) in [6.07, 6.45) is 4.88. The Morgan fingerprint density at radius 2 is 1.69 bits per heavy atom. The van der Waals surface area contributed by atoms with E-state index in [2.05, 4.69) is 57.3 Å². The summed E-state index contributed by atoms with van der Waals surface area (Å²) < 4.78 is 2.62. The number of aromatic nitrogens is 1. The van der Waals surface area contributed by atoms with E-state index in [0.29, 0.717) is 15.0 Å². The van der Waals surface area contributed by atoms with Crippen LogP contribution in [-0.4, -0.2) is 19.9 Å². The molecule has 1 nitrogen and oxygen atoms in total. The standard InChI is InChI=1S/C13H12BrNSe/c14-12-1-3-13(4-2-12)16-10-7-11-5-8-15-9-6-11/h1-6,8-9H,7,10H2. The van der Waals surface area contributed by atoms with Gasteiger partial charge in [-0.1, -0.05) is 0 Å². The van der Waals surface area contributed by atoms with Gasteiger partial charge < -0.3 is 0 Å². The Morgan fingerprint density at radius 3 is 2.38 bits per heavy atom. The Balaban J connectivity index is 1.82. The van der Waals surface area contributed by atoms with E-state index >= 15 is 0 Å². The molecule has 0 N–H and O–H groups in total. The molecule has 1 aromatic heterocycles. The minimum absolute atomic E-state index is 0.573. The van der Waals surface area contributed by atoms with Crippen LogP contribution in [0.5, 0.6) is 0 Å². The molecular formula is C13H12BrNSe. The molecule has 1 heterocycles. The van der Waals surface area contributed by atoms with E-state index < -0.39 is 0 Å². The Kier molecular flexibility index (Phi) is 4.58. The average Bonchev–Trinajstić information content (AvgIpc) is 2.33. The maximum atomic E-state index is 4.02. The molecule has 0 radical (unpaired) electrons. The zero-order valence-electron chi connectivity index (χ0n) is 8.77. The Morgan fingerprint density at radius 1 is 1.00 bits per heavy atom. The number of halogens is 1. The van der Waals surface area contributed by atoms with Crippen LogP contribution in [-0.2, 0) is 6.42 Å². The van der Waals surface area contributed by atoms with E-state index in [9.17, 15) is 0 Å². The fourth-order valence-corrected chi connectivity index (χ4v) is 3.52. The van der Waals surface area contributed by atoms with Crippen molar-refractivity contribution < 1.29 is 0 Å². The van der Waals surface area contributed by atoms with E-state index in [0.717, 1.165) is 10.9 Å². The SMILES string of the molecule is Brc1ccc([Se]CCc2ccncc2)cc1. The summed E-state index contributed by atoms with van der Waals surface area (Å²) in [5.41, 5.74) is 1.38. The van der Waals surface area contributed by atoms with Crippen LogP contribution in [0.1, 0.15) is 5.56 Å². The Labute approximate surface area is 111 Å². The van der Waals surface area contributed by atoms with Gasteiger partial charge >= 0.3 is 111 Å². The van der Waals surface area contributed by atoms with Gasteiger partial charge in [0.15, 0.2) is 0 Å². The topological polar surface area (TPSA) is 12.9 Å². The summed E-state index contributed by atoms with van der Waals surface area (Å²) in [6.45, 7) is 0. The third-order valence-electron chi connectivity index (χ3n) is 2.22. The van der Waals surface area contributed by atoms with Gasteiger partial charge in [-0.2, -0.15) is 0 Å². The van der Waals surface area contributed by atoms with Gasteiger partial charge in [0, 0.05) is 0 Å². The number of benzene rings is 1. The van der Waals surface area contributed by atoms with Gasteiger partial charge in [-0.05, 0) is 0 Å². The second-order valence-electron chi connectivity index (χ2n) is 3.41. The van der Waals surface area contributed by atoms with Crippen molar-refractivity contribution in [2.24, 2.45) is 0 Å². The van der Waals surface area contributed by atoms with E-state index in [-0.39, 0.29) is 0 Å². The van der Waals surface area contributed by atoms with E-state index in [1.165, 1.54) is 15.3 Å². The third kappa shape index (κ3) is 3.75. The van der Waals surface area contributed by atoms with Crippen LogP contribution in [0.4, 0.5) is 0 Å². The second kappa shape index (κ2) is 6.19. The molecule has 0 aliphatic heterocycles. The summed E-state index contributed by atoms with van der Waals surface area (Å²) in [4.78, 5) is 4.02. The van der Waals surface area contributed by atoms with Crippen molar-refractivity contribution in [2.75, 3.05) is 0 Å². The van der Waals surface area contributed by atoms with Crippen molar-refractivity contribution in [1.82, 2.24) is 4.98 Å². The third-order valence-corrected chi connectivity index (χ3v) is 4.88. The van der Waals surface area contributed by atoms with Gasteiger partial charge in [0.2, 0.25) is 0 Å². The van der Waals surface area contributed by atoms with Crippen LogP contribution in [0.15, 0.2) is 53.3 Å². The number of hydrogen-bond donors (Lipinski definition) is 0. The normalized spacial score (nSPS) is 10.3. The molecule has 16 heavy (non-hydrogen) atoms. The van der Waals surface area contributed by atoms with Gasteiger partial charge in [-0.3, -0.25) is 0 Å². The van der Waals surface area contributed by atoms with Crippen molar-refractivity contribution in [2.45, 2.75) is 11.7 Å². The number of pyridine rings is 1. The molecule has 0 aliphatic carbocycles. The number of aryl methyl sites for hydroxylation is 1. The summed E-state index contributed by atoms with van der Waals surface area (Å²) in [6, 6.07) is 12.8. The van der Waals surface area contributed by atoms with Crippen LogP contribution in [0.25, 0.3) is 0 Å². The van der Waals surface area contributed by atoms with Crippen molar-refractivity contribution in [3.05, 3.63) is 58.8 Å². The van der Waals surface area contributed by atoms with E-state index in [1.807, 2.05) is 12.4 Å². The van der Waals surface area contributed by atoms with Crippen molar-refractivity contribution >= 4 is 35.3 Å². The molecule has 0 fully saturated rings. The quantitative estimate of drug-likeness (QED) is 0.780. The predicted octanol–water partition coefficient (Wildman–Crippen LogP) is 2.83. The zero-order chi connectivity index (χ0) is 11.2. The fourth-order valence-electron chi connectivity index (χ4n) is 1.37. The zero-order valence-corrected chi connectivity index (χ0v) is 12.1. The first-order chi connectivity index (χ1) is 7.84. The fraction of sp³-hybridized carbons (Fsp3) is 0.154. The summed E-state index contributed by atoms with van der Waals surface area (Å²) in [5.74, 6) is 0. The molecule has 0 unspecified atom stereocenters. The van der Waals surface area contributed by atoms with Crippen molar-refractivity contribution in [3.8, 4) is 0 Å². The van der Waals surface area contributed by atoms with Gasteiger partial charge in [0.05, 0.1) is 0 Å². The molecule has 0 aliphatic rings. The molecule has 0 atom stereocenters. The molecule has 2 rings (SSSR count). The minimum atomic E-state index is 0.573. The predicted molar refractivity (Wildman–Crippen MR) is 72.3 cm³/mol. The Bertz CT molecular complexity index is 427. The Hall–Kier alpha value is -0.631. The van der Waals surface area contributed by atoms with Crippen LogP contribution >= 0.6 is 15.9 Å². The second-order valence-corrected chi connectivity index (χ2v) is 6.77. The monoisotopic (exact) mass is 341 g/mol. The molecule has 2 aromatic rings.